The van der Waals surface area contributed by atoms with E-state index in [2.05, 4.69) is 6.58 Å². The van der Waals surface area contributed by atoms with Crippen LogP contribution >= 0.6 is 0 Å². The highest BCUT2D eigenvalue weighted by Gasteiger charge is 2.22. The van der Waals surface area contributed by atoms with E-state index in [9.17, 15) is 19.5 Å². The molecule has 0 radical (unpaired) electrons. The minimum atomic E-state index is -1.21. The molecule has 0 aromatic heterocycles. The molecule has 5 heteroatoms. The van der Waals surface area contributed by atoms with Crippen molar-refractivity contribution in [2.75, 3.05) is 6.61 Å². The van der Waals surface area contributed by atoms with Gasteiger partial charge in [-0.05, 0) is 12.1 Å². The van der Waals surface area contributed by atoms with Crippen LogP contribution < -0.4 is 0 Å². The van der Waals surface area contributed by atoms with Crippen molar-refractivity contribution in [1.29, 1.82) is 0 Å². The summed E-state index contributed by atoms with van der Waals surface area (Å²) < 4.78 is 4.96. The standard InChI is InChI=1S/C18H14O5/c1-2-11-23-18(22)15-10-6-4-8-13(15)16(19)12-7-3-5-9-14(12)17(20)21/h2-10H,1,11H2,(H,20,21). The fourth-order valence-electron chi connectivity index (χ4n) is 2.08. The molecule has 0 heterocycles. The summed E-state index contributed by atoms with van der Waals surface area (Å²) in [6, 6.07) is 12.0. The number of ether oxygens (including phenoxy) is 1. The Kier molecular flexibility index (Phi) is 5.04. The van der Waals surface area contributed by atoms with Gasteiger partial charge in [-0.1, -0.05) is 49.1 Å². The number of benzene rings is 2. The maximum atomic E-state index is 12.7. The Morgan fingerprint density at radius 2 is 1.39 bits per heavy atom. The average Bonchev–Trinajstić information content (AvgIpc) is 2.59. The third-order valence-electron chi connectivity index (χ3n) is 3.13. The van der Waals surface area contributed by atoms with Crippen molar-refractivity contribution in [3.05, 3.63) is 83.4 Å². The number of rotatable bonds is 6. The number of ketones is 1. The van der Waals surface area contributed by atoms with Crippen molar-refractivity contribution >= 4 is 17.7 Å². The summed E-state index contributed by atoms with van der Waals surface area (Å²) in [6.07, 6.45) is 1.42. The van der Waals surface area contributed by atoms with Gasteiger partial charge in [0.15, 0.2) is 5.78 Å². The molecule has 2 aromatic rings. The zero-order valence-electron chi connectivity index (χ0n) is 12.2. The summed E-state index contributed by atoms with van der Waals surface area (Å²) in [5, 5.41) is 9.20. The van der Waals surface area contributed by atoms with Gasteiger partial charge >= 0.3 is 11.9 Å². The first-order valence-electron chi connectivity index (χ1n) is 6.80. The van der Waals surface area contributed by atoms with Gasteiger partial charge in [-0.15, -0.1) is 0 Å². The van der Waals surface area contributed by atoms with Crippen LogP contribution in [0.1, 0.15) is 36.6 Å². The van der Waals surface area contributed by atoms with Gasteiger partial charge in [0.2, 0.25) is 0 Å². The summed E-state index contributed by atoms with van der Waals surface area (Å²) in [5.74, 6) is -2.42. The summed E-state index contributed by atoms with van der Waals surface area (Å²) in [7, 11) is 0. The SMILES string of the molecule is C=CCOC(=O)c1ccccc1C(=O)c1ccccc1C(=O)O. The smallest absolute Gasteiger partial charge is 0.339 e. The molecule has 0 saturated carbocycles. The molecule has 0 fully saturated rings. The largest absolute Gasteiger partial charge is 0.478 e. The molecule has 2 rings (SSSR count). The molecule has 0 aliphatic heterocycles. The van der Waals surface area contributed by atoms with Crippen molar-refractivity contribution in [1.82, 2.24) is 0 Å². The summed E-state index contributed by atoms with van der Waals surface area (Å²) in [5.41, 5.74) is 0.0746. The van der Waals surface area contributed by atoms with Gasteiger partial charge < -0.3 is 9.84 Å². The fourth-order valence-corrected chi connectivity index (χ4v) is 2.08. The second-order valence-corrected chi connectivity index (χ2v) is 4.61. The van der Waals surface area contributed by atoms with E-state index in [-0.39, 0.29) is 28.9 Å². The van der Waals surface area contributed by atoms with E-state index in [0.29, 0.717) is 0 Å². The molecule has 0 atom stereocenters. The molecule has 0 aliphatic rings. The Morgan fingerprint density at radius 1 is 0.913 bits per heavy atom. The highest BCUT2D eigenvalue weighted by Crippen LogP contribution is 2.19. The van der Waals surface area contributed by atoms with E-state index >= 15 is 0 Å². The third kappa shape index (κ3) is 3.52. The molecule has 0 unspecified atom stereocenters. The van der Waals surface area contributed by atoms with Crippen molar-refractivity contribution in [3.8, 4) is 0 Å². The Morgan fingerprint density at radius 3 is 1.91 bits per heavy atom. The van der Waals surface area contributed by atoms with Crippen LogP contribution in [0.5, 0.6) is 0 Å². The Hall–Kier alpha value is -3.21. The minimum absolute atomic E-state index is 0.0176. The number of carbonyl (C=O) groups excluding carboxylic acids is 2. The van der Waals surface area contributed by atoms with E-state index in [1.54, 1.807) is 18.2 Å². The quantitative estimate of drug-likeness (QED) is 0.504. The predicted octanol–water partition coefficient (Wildman–Crippen LogP) is 2.96. The van der Waals surface area contributed by atoms with Crippen LogP contribution in [-0.4, -0.2) is 29.4 Å². The molecule has 23 heavy (non-hydrogen) atoms. The van der Waals surface area contributed by atoms with Gasteiger partial charge in [-0.3, -0.25) is 4.79 Å². The lowest BCUT2D eigenvalue weighted by atomic mass is 9.95. The molecule has 5 nitrogen and oxygen atoms in total. The Balaban J connectivity index is 2.47. The first kappa shape index (κ1) is 16.2. The van der Waals surface area contributed by atoms with Crippen molar-refractivity contribution in [2.45, 2.75) is 0 Å². The van der Waals surface area contributed by atoms with Gasteiger partial charge in [0, 0.05) is 11.1 Å². The Bertz CT molecular complexity index is 776. The number of carboxylic acid groups (broad SMARTS) is 1. The topological polar surface area (TPSA) is 80.7 Å². The normalized spacial score (nSPS) is 9.91. The third-order valence-corrected chi connectivity index (χ3v) is 3.13. The lowest BCUT2D eigenvalue weighted by Gasteiger charge is -2.09. The molecular formula is C18H14O5. The van der Waals surface area contributed by atoms with Crippen LogP contribution in [0.2, 0.25) is 0 Å². The minimum Gasteiger partial charge on any atom is -0.478 e. The fraction of sp³-hybridized carbons (Fsp3) is 0.0556. The second-order valence-electron chi connectivity index (χ2n) is 4.61. The van der Waals surface area contributed by atoms with Crippen LogP contribution in [0.25, 0.3) is 0 Å². The van der Waals surface area contributed by atoms with Crippen molar-refractivity contribution in [2.24, 2.45) is 0 Å². The highest BCUT2D eigenvalue weighted by atomic mass is 16.5. The number of hydrogen-bond donors (Lipinski definition) is 1. The predicted molar refractivity (Wildman–Crippen MR) is 83.8 cm³/mol. The van der Waals surface area contributed by atoms with Gasteiger partial charge in [-0.25, -0.2) is 9.59 Å². The maximum absolute atomic E-state index is 12.7. The first-order valence-corrected chi connectivity index (χ1v) is 6.80. The molecular weight excluding hydrogens is 296 g/mol. The lowest BCUT2D eigenvalue weighted by Crippen LogP contribution is -2.15. The molecule has 0 spiro atoms. The molecule has 0 amide bonds. The number of esters is 1. The van der Waals surface area contributed by atoms with Crippen LogP contribution in [-0.2, 0) is 4.74 Å². The highest BCUT2D eigenvalue weighted by molar-refractivity contribution is 6.17. The van der Waals surface area contributed by atoms with Crippen LogP contribution in [0.4, 0.5) is 0 Å². The average molecular weight is 310 g/mol. The Labute approximate surface area is 132 Å². The van der Waals surface area contributed by atoms with Crippen LogP contribution in [0, 0.1) is 0 Å². The lowest BCUT2D eigenvalue weighted by molar-refractivity contribution is 0.0546. The van der Waals surface area contributed by atoms with Crippen LogP contribution in [0.3, 0.4) is 0 Å². The van der Waals surface area contributed by atoms with E-state index in [1.165, 1.54) is 36.4 Å². The van der Waals surface area contributed by atoms with Gasteiger partial charge in [0.1, 0.15) is 6.61 Å². The van der Waals surface area contributed by atoms with Crippen molar-refractivity contribution < 1.29 is 24.2 Å². The van der Waals surface area contributed by atoms with Crippen molar-refractivity contribution in [3.63, 3.8) is 0 Å². The molecule has 2 aromatic carbocycles. The maximum Gasteiger partial charge on any atom is 0.339 e. The number of hydrogen-bond acceptors (Lipinski definition) is 4. The summed E-state index contributed by atoms with van der Waals surface area (Å²) in [4.78, 5) is 36.0. The molecule has 0 bridgehead atoms. The van der Waals surface area contributed by atoms with E-state index in [4.69, 9.17) is 4.74 Å². The van der Waals surface area contributed by atoms with Crippen LogP contribution in [0.15, 0.2) is 61.2 Å². The molecule has 116 valence electrons. The zero-order valence-corrected chi connectivity index (χ0v) is 12.2. The van der Waals surface area contributed by atoms with Gasteiger partial charge in [0.25, 0.3) is 0 Å². The zero-order chi connectivity index (χ0) is 16.8. The first-order chi connectivity index (χ1) is 11.1. The van der Waals surface area contributed by atoms with E-state index < -0.39 is 17.7 Å². The molecule has 0 aliphatic carbocycles. The van der Waals surface area contributed by atoms with E-state index in [0.717, 1.165) is 0 Å². The summed E-state index contributed by atoms with van der Waals surface area (Å²) >= 11 is 0. The van der Waals surface area contributed by atoms with Gasteiger partial charge in [-0.2, -0.15) is 0 Å². The summed E-state index contributed by atoms with van der Waals surface area (Å²) in [6.45, 7) is 3.47. The number of carboxylic acids is 1. The van der Waals surface area contributed by atoms with Gasteiger partial charge in [0.05, 0.1) is 11.1 Å². The number of carbonyl (C=O) groups is 3. The second kappa shape index (κ2) is 7.17. The monoisotopic (exact) mass is 310 g/mol. The number of aromatic carboxylic acids is 1. The van der Waals surface area contributed by atoms with E-state index in [1.807, 2.05) is 0 Å². The molecule has 1 N–H and O–H groups in total. The molecule has 0 saturated heterocycles.